The van der Waals surface area contributed by atoms with E-state index >= 15 is 0 Å². The number of hydrogen-bond acceptors (Lipinski definition) is 4. The Labute approximate surface area is 197 Å². The van der Waals surface area contributed by atoms with Crippen LogP contribution < -0.4 is 15.4 Å². The number of methoxy groups -OCH3 is 1. The van der Waals surface area contributed by atoms with Crippen LogP contribution in [0.25, 0.3) is 10.8 Å². The SMILES string of the molecule is COc1cccc(C(=O)NC2CC(c3cc(NC(=O)Cc4cccc5ccccc45)n[nH]3)C2)c1. The maximum Gasteiger partial charge on any atom is 0.251 e. The van der Waals surface area contributed by atoms with Gasteiger partial charge in [-0.25, -0.2) is 0 Å². The number of ether oxygens (including phenoxy) is 1. The standard InChI is InChI=1S/C27H26N4O3/c1-34-22-10-5-9-19(14-22)27(33)28-21-12-20(13-21)24-16-25(31-30-24)29-26(32)15-18-8-4-7-17-6-2-3-11-23(17)18/h2-11,14,16,20-21H,12-13,15H2,1H3,(H,28,33)(H2,29,30,31,32). The molecule has 5 rings (SSSR count). The fourth-order valence-electron chi connectivity index (χ4n) is 4.44. The molecule has 1 aliphatic rings. The molecule has 0 saturated heterocycles. The Bertz CT molecular complexity index is 1340. The van der Waals surface area contributed by atoms with Crippen LogP contribution >= 0.6 is 0 Å². The van der Waals surface area contributed by atoms with Crippen molar-refractivity contribution in [3.05, 3.63) is 89.6 Å². The Hall–Kier alpha value is -4.13. The summed E-state index contributed by atoms with van der Waals surface area (Å²) in [6, 6.07) is 23.1. The molecule has 0 atom stereocenters. The van der Waals surface area contributed by atoms with E-state index in [1.54, 1.807) is 25.3 Å². The number of anilines is 1. The molecule has 0 radical (unpaired) electrons. The van der Waals surface area contributed by atoms with Crippen LogP contribution in [0.15, 0.2) is 72.8 Å². The molecular formula is C27H26N4O3. The predicted octanol–water partition coefficient (Wildman–Crippen LogP) is 4.43. The number of carbonyl (C=O) groups is 2. The first kappa shape index (κ1) is 21.7. The zero-order valence-electron chi connectivity index (χ0n) is 18.9. The van der Waals surface area contributed by atoms with E-state index in [0.717, 1.165) is 34.9 Å². The summed E-state index contributed by atoms with van der Waals surface area (Å²) in [7, 11) is 1.58. The summed E-state index contributed by atoms with van der Waals surface area (Å²) in [5, 5.41) is 15.4. The van der Waals surface area contributed by atoms with Crippen LogP contribution in [-0.4, -0.2) is 35.2 Å². The molecule has 7 heteroatoms. The molecule has 0 spiro atoms. The highest BCUT2D eigenvalue weighted by atomic mass is 16.5. The van der Waals surface area contributed by atoms with Gasteiger partial charge in [0.2, 0.25) is 5.91 Å². The van der Waals surface area contributed by atoms with E-state index in [1.165, 1.54) is 0 Å². The number of aromatic amines is 1. The lowest BCUT2D eigenvalue weighted by Gasteiger charge is -2.35. The van der Waals surface area contributed by atoms with E-state index in [0.29, 0.717) is 17.1 Å². The number of hydrogen-bond donors (Lipinski definition) is 3. The third kappa shape index (κ3) is 4.64. The lowest BCUT2D eigenvalue weighted by atomic mass is 9.78. The first-order chi connectivity index (χ1) is 16.6. The van der Waals surface area contributed by atoms with E-state index < -0.39 is 0 Å². The molecule has 7 nitrogen and oxygen atoms in total. The molecule has 3 N–H and O–H groups in total. The highest BCUT2D eigenvalue weighted by Gasteiger charge is 2.33. The van der Waals surface area contributed by atoms with Crippen molar-refractivity contribution in [1.82, 2.24) is 15.5 Å². The number of nitrogens with one attached hydrogen (secondary N) is 3. The molecular weight excluding hydrogens is 428 g/mol. The summed E-state index contributed by atoms with van der Waals surface area (Å²) >= 11 is 0. The molecule has 3 aromatic carbocycles. The van der Waals surface area contributed by atoms with Crippen LogP contribution in [-0.2, 0) is 11.2 Å². The van der Waals surface area contributed by atoms with Crippen LogP contribution in [0.4, 0.5) is 5.82 Å². The highest BCUT2D eigenvalue weighted by molar-refractivity contribution is 5.96. The maximum atomic E-state index is 12.6. The third-order valence-corrected chi connectivity index (χ3v) is 6.34. The van der Waals surface area contributed by atoms with Gasteiger partial charge in [0.1, 0.15) is 5.75 Å². The fraction of sp³-hybridized carbons (Fsp3) is 0.222. The first-order valence-corrected chi connectivity index (χ1v) is 11.4. The largest absolute Gasteiger partial charge is 0.497 e. The van der Waals surface area contributed by atoms with Gasteiger partial charge in [-0.05, 0) is 47.4 Å². The average Bonchev–Trinajstić information content (AvgIpc) is 3.28. The van der Waals surface area contributed by atoms with E-state index in [-0.39, 0.29) is 30.2 Å². The third-order valence-electron chi connectivity index (χ3n) is 6.34. The van der Waals surface area contributed by atoms with Gasteiger partial charge < -0.3 is 15.4 Å². The van der Waals surface area contributed by atoms with Crippen molar-refractivity contribution >= 4 is 28.4 Å². The summed E-state index contributed by atoms with van der Waals surface area (Å²) in [6.45, 7) is 0. The summed E-state index contributed by atoms with van der Waals surface area (Å²) < 4.78 is 5.19. The fourth-order valence-corrected chi connectivity index (χ4v) is 4.44. The number of H-pyrrole nitrogens is 1. The molecule has 1 fully saturated rings. The molecule has 1 aromatic heterocycles. The van der Waals surface area contributed by atoms with Crippen molar-refractivity contribution in [3.8, 4) is 5.75 Å². The van der Waals surface area contributed by atoms with E-state index in [9.17, 15) is 9.59 Å². The molecule has 2 amide bonds. The molecule has 1 aliphatic carbocycles. The molecule has 4 aromatic rings. The summed E-state index contributed by atoms with van der Waals surface area (Å²) in [5.74, 6) is 1.24. The Kier molecular flexibility index (Phi) is 5.99. The summed E-state index contributed by atoms with van der Waals surface area (Å²) in [4.78, 5) is 25.1. The van der Waals surface area contributed by atoms with Crippen molar-refractivity contribution < 1.29 is 14.3 Å². The Morgan fingerprint density at radius 1 is 1.03 bits per heavy atom. The van der Waals surface area contributed by atoms with E-state index in [2.05, 4.69) is 20.8 Å². The Morgan fingerprint density at radius 2 is 1.82 bits per heavy atom. The molecule has 1 heterocycles. The average molecular weight is 455 g/mol. The van der Waals surface area contributed by atoms with Gasteiger partial charge >= 0.3 is 0 Å². The van der Waals surface area contributed by atoms with Crippen LogP contribution in [0.1, 0.15) is 40.4 Å². The van der Waals surface area contributed by atoms with Crippen molar-refractivity contribution in [1.29, 1.82) is 0 Å². The number of nitrogens with zero attached hydrogens (tertiary/aromatic N) is 1. The number of carbonyl (C=O) groups excluding carboxylic acids is 2. The lowest BCUT2D eigenvalue weighted by molar-refractivity contribution is -0.115. The van der Waals surface area contributed by atoms with Gasteiger partial charge in [0.15, 0.2) is 5.82 Å². The van der Waals surface area contributed by atoms with Crippen molar-refractivity contribution in [3.63, 3.8) is 0 Å². The summed E-state index contributed by atoms with van der Waals surface area (Å²) in [6.07, 6.45) is 1.92. The molecule has 172 valence electrons. The number of amides is 2. The molecule has 0 bridgehead atoms. The van der Waals surface area contributed by atoms with Gasteiger partial charge in [-0.2, -0.15) is 5.10 Å². The van der Waals surface area contributed by atoms with Crippen LogP contribution in [0, 0.1) is 0 Å². The van der Waals surface area contributed by atoms with Crippen molar-refractivity contribution in [2.45, 2.75) is 31.2 Å². The second-order valence-corrected chi connectivity index (χ2v) is 8.64. The number of rotatable bonds is 7. The molecule has 1 saturated carbocycles. The van der Waals surface area contributed by atoms with Gasteiger partial charge in [0.05, 0.1) is 13.5 Å². The zero-order chi connectivity index (χ0) is 23.5. The smallest absolute Gasteiger partial charge is 0.251 e. The second-order valence-electron chi connectivity index (χ2n) is 8.64. The van der Waals surface area contributed by atoms with Gasteiger partial charge in [0, 0.05) is 29.3 Å². The number of aromatic nitrogens is 2. The topological polar surface area (TPSA) is 96.1 Å². The van der Waals surface area contributed by atoms with Crippen LogP contribution in [0.2, 0.25) is 0 Å². The molecule has 0 unspecified atom stereocenters. The van der Waals surface area contributed by atoms with Crippen molar-refractivity contribution in [2.24, 2.45) is 0 Å². The Balaban J connectivity index is 1.14. The van der Waals surface area contributed by atoms with Crippen LogP contribution in [0.5, 0.6) is 5.75 Å². The highest BCUT2D eigenvalue weighted by Crippen LogP contribution is 2.36. The van der Waals surface area contributed by atoms with E-state index in [1.807, 2.05) is 54.6 Å². The number of fused-ring (bicyclic) bond motifs is 1. The zero-order valence-corrected chi connectivity index (χ0v) is 18.9. The maximum absolute atomic E-state index is 12.6. The minimum absolute atomic E-state index is 0.103. The van der Waals surface area contributed by atoms with Gasteiger partial charge in [0.25, 0.3) is 5.91 Å². The monoisotopic (exact) mass is 454 g/mol. The molecule has 0 aliphatic heterocycles. The minimum Gasteiger partial charge on any atom is -0.497 e. The Morgan fingerprint density at radius 3 is 2.68 bits per heavy atom. The second kappa shape index (κ2) is 9.39. The van der Waals surface area contributed by atoms with E-state index in [4.69, 9.17) is 4.74 Å². The van der Waals surface area contributed by atoms with Crippen molar-refractivity contribution in [2.75, 3.05) is 12.4 Å². The summed E-state index contributed by atoms with van der Waals surface area (Å²) in [5.41, 5.74) is 2.54. The molecule has 34 heavy (non-hydrogen) atoms. The normalized spacial score (nSPS) is 17.1. The predicted molar refractivity (Wildman–Crippen MR) is 131 cm³/mol. The van der Waals surface area contributed by atoms with Gasteiger partial charge in [-0.3, -0.25) is 14.7 Å². The quantitative estimate of drug-likeness (QED) is 0.385. The lowest BCUT2D eigenvalue weighted by Crippen LogP contribution is -2.43. The van der Waals surface area contributed by atoms with Gasteiger partial charge in [-0.1, -0.05) is 48.5 Å². The minimum atomic E-state index is -0.105. The van der Waals surface area contributed by atoms with Crippen LogP contribution in [0.3, 0.4) is 0 Å². The van der Waals surface area contributed by atoms with Gasteiger partial charge in [-0.15, -0.1) is 0 Å². The first-order valence-electron chi connectivity index (χ1n) is 11.4. The number of benzene rings is 3.